The van der Waals surface area contributed by atoms with Crippen LogP contribution in [0.3, 0.4) is 0 Å². The zero-order valence-electron chi connectivity index (χ0n) is 11.8. The largest absolute Gasteiger partial charge is 0.443 e. The van der Waals surface area contributed by atoms with Gasteiger partial charge in [-0.05, 0) is 38.3 Å². The maximum absolute atomic E-state index is 12.2. The molecule has 0 fully saturated rings. The van der Waals surface area contributed by atoms with Gasteiger partial charge in [0.15, 0.2) is 0 Å². The van der Waals surface area contributed by atoms with Crippen molar-refractivity contribution in [2.24, 2.45) is 0 Å². The van der Waals surface area contributed by atoms with Crippen LogP contribution in [0.4, 0.5) is 10.5 Å². The van der Waals surface area contributed by atoms with Gasteiger partial charge in [0, 0.05) is 6.42 Å². The lowest BCUT2D eigenvalue weighted by Crippen LogP contribution is -2.44. The van der Waals surface area contributed by atoms with Crippen molar-refractivity contribution in [2.45, 2.75) is 45.6 Å². The molecule has 1 aromatic rings. The molecule has 1 heterocycles. The highest BCUT2D eigenvalue weighted by molar-refractivity contribution is 6.14. The molecule has 4 heteroatoms. The number of hydrogen-bond acceptors (Lipinski definition) is 3. The first kappa shape index (κ1) is 13.6. The average Bonchev–Trinajstić information content (AvgIpc) is 2.26. The molecule has 1 aliphatic heterocycles. The third-order valence-electron chi connectivity index (χ3n) is 3.01. The molecule has 19 heavy (non-hydrogen) atoms. The van der Waals surface area contributed by atoms with Gasteiger partial charge in [-0.2, -0.15) is 0 Å². The monoisotopic (exact) mass is 261 g/mol. The summed E-state index contributed by atoms with van der Waals surface area (Å²) < 4.78 is 5.31. The van der Waals surface area contributed by atoms with Gasteiger partial charge in [-0.1, -0.05) is 25.1 Å². The van der Waals surface area contributed by atoms with E-state index in [1.54, 1.807) is 26.8 Å². The summed E-state index contributed by atoms with van der Waals surface area (Å²) >= 11 is 0. The number of anilines is 1. The zero-order chi connectivity index (χ0) is 14.2. The number of ether oxygens (including phenoxy) is 1. The van der Waals surface area contributed by atoms with Crippen LogP contribution in [0.25, 0.3) is 0 Å². The van der Waals surface area contributed by atoms with Crippen molar-refractivity contribution in [2.75, 3.05) is 4.90 Å². The SMILES string of the molecule is CC1CC(=O)N(C(=O)OC(C)(C)C)c2ccccc21. The third-order valence-corrected chi connectivity index (χ3v) is 3.01. The summed E-state index contributed by atoms with van der Waals surface area (Å²) in [6.45, 7) is 7.35. The Bertz CT molecular complexity index is 516. The second-order valence-electron chi connectivity index (χ2n) is 5.87. The number of nitrogens with zero attached hydrogens (tertiary/aromatic N) is 1. The lowest BCUT2D eigenvalue weighted by Gasteiger charge is -2.32. The minimum absolute atomic E-state index is 0.127. The topological polar surface area (TPSA) is 46.6 Å². The van der Waals surface area contributed by atoms with Crippen LogP contribution >= 0.6 is 0 Å². The van der Waals surface area contributed by atoms with Crippen LogP contribution in [0.1, 0.15) is 45.6 Å². The second-order valence-corrected chi connectivity index (χ2v) is 5.87. The van der Waals surface area contributed by atoms with E-state index in [1.807, 2.05) is 25.1 Å². The Kier molecular flexibility index (Phi) is 3.35. The molecule has 0 saturated heterocycles. The van der Waals surface area contributed by atoms with E-state index in [-0.39, 0.29) is 11.8 Å². The zero-order valence-corrected chi connectivity index (χ0v) is 11.8. The number of rotatable bonds is 0. The highest BCUT2D eigenvalue weighted by Crippen LogP contribution is 2.36. The number of carbonyl (C=O) groups excluding carboxylic acids is 2. The molecule has 0 saturated carbocycles. The Labute approximate surface area is 113 Å². The molecule has 0 aliphatic carbocycles. The van der Waals surface area contributed by atoms with Crippen LogP contribution in [0.15, 0.2) is 24.3 Å². The number of hydrogen-bond donors (Lipinski definition) is 0. The summed E-state index contributed by atoms with van der Waals surface area (Å²) in [6, 6.07) is 7.47. The molecular weight excluding hydrogens is 242 g/mol. The number of benzene rings is 1. The maximum Gasteiger partial charge on any atom is 0.421 e. The van der Waals surface area contributed by atoms with Gasteiger partial charge < -0.3 is 4.74 Å². The van der Waals surface area contributed by atoms with Gasteiger partial charge in [-0.15, -0.1) is 0 Å². The van der Waals surface area contributed by atoms with Gasteiger partial charge in [-0.25, -0.2) is 9.69 Å². The molecule has 4 nitrogen and oxygen atoms in total. The molecule has 1 atom stereocenters. The van der Waals surface area contributed by atoms with Crippen molar-refractivity contribution in [1.82, 2.24) is 0 Å². The third kappa shape index (κ3) is 2.78. The molecule has 0 N–H and O–H groups in total. The molecule has 1 aliphatic rings. The van der Waals surface area contributed by atoms with Crippen LogP contribution in [-0.2, 0) is 9.53 Å². The Hall–Kier alpha value is -1.84. The highest BCUT2D eigenvalue weighted by atomic mass is 16.6. The van der Waals surface area contributed by atoms with Gasteiger partial charge >= 0.3 is 6.09 Å². The van der Waals surface area contributed by atoms with Crippen molar-refractivity contribution in [1.29, 1.82) is 0 Å². The Morgan fingerprint density at radius 1 is 1.32 bits per heavy atom. The summed E-state index contributed by atoms with van der Waals surface area (Å²) in [7, 11) is 0. The summed E-state index contributed by atoms with van der Waals surface area (Å²) in [5, 5.41) is 0. The summed E-state index contributed by atoms with van der Waals surface area (Å²) in [4.78, 5) is 25.4. The Morgan fingerprint density at radius 3 is 2.58 bits per heavy atom. The fourth-order valence-corrected chi connectivity index (χ4v) is 2.21. The van der Waals surface area contributed by atoms with E-state index in [0.29, 0.717) is 12.1 Å². The van der Waals surface area contributed by atoms with Crippen molar-refractivity contribution >= 4 is 17.7 Å². The molecule has 102 valence electrons. The molecule has 1 unspecified atom stereocenters. The van der Waals surface area contributed by atoms with Crippen molar-refractivity contribution in [3.05, 3.63) is 29.8 Å². The molecule has 2 amide bonds. The van der Waals surface area contributed by atoms with Crippen LogP contribution in [-0.4, -0.2) is 17.6 Å². The first-order chi connectivity index (χ1) is 8.79. The standard InChI is InChI=1S/C15H19NO3/c1-10-9-13(17)16(14(18)19-15(2,3)4)12-8-6-5-7-11(10)12/h5-8,10H,9H2,1-4H3. The fraction of sp³-hybridized carbons (Fsp3) is 0.467. The number of fused-ring (bicyclic) bond motifs is 1. The molecule has 1 aromatic carbocycles. The first-order valence-electron chi connectivity index (χ1n) is 6.44. The number of amides is 2. The predicted molar refractivity (Wildman–Crippen MR) is 73.2 cm³/mol. The first-order valence-corrected chi connectivity index (χ1v) is 6.44. The molecular formula is C15H19NO3. The number of carbonyl (C=O) groups is 2. The van der Waals surface area contributed by atoms with E-state index in [9.17, 15) is 9.59 Å². The van der Waals surface area contributed by atoms with Crippen molar-refractivity contribution in [3.8, 4) is 0 Å². The van der Waals surface area contributed by atoms with E-state index in [2.05, 4.69) is 0 Å². The molecule has 2 rings (SSSR count). The molecule has 0 aromatic heterocycles. The average molecular weight is 261 g/mol. The van der Waals surface area contributed by atoms with Crippen LogP contribution < -0.4 is 4.90 Å². The van der Waals surface area contributed by atoms with E-state index < -0.39 is 11.7 Å². The number of imide groups is 1. The molecule has 0 bridgehead atoms. The summed E-state index contributed by atoms with van der Waals surface area (Å²) in [5.74, 6) is -0.0807. The van der Waals surface area contributed by atoms with Crippen LogP contribution in [0.5, 0.6) is 0 Å². The normalized spacial score (nSPS) is 19.1. The van der Waals surface area contributed by atoms with Crippen molar-refractivity contribution in [3.63, 3.8) is 0 Å². The van der Waals surface area contributed by atoms with Gasteiger partial charge in [0.25, 0.3) is 0 Å². The fourth-order valence-electron chi connectivity index (χ4n) is 2.21. The van der Waals surface area contributed by atoms with Crippen LogP contribution in [0, 0.1) is 0 Å². The van der Waals surface area contributed by atoms with Crippen LogP contribution in [0.2, 0.25) is 0 Å². The van der Waals surface area contributed by atoms with E-state index in [0.717, 1.165) is 10.5 Å². The Balaban J connectivity index is 2.38. The van der Waals surface area contributed by atoms with Gasteiger partial charge in [0.1, 0.15) is 5.60 Å². The number of para-hydroxylation sites is 1. The minimum Gasteiger partial charge on any atom is -0.443 e. The maximum atomic E-state index is 12.2. The van der Waals surface area contributed by atoms with E-state index in [1.165, 1.54) is 0 Å². The minimum atomic E-state index is -0.616. The lowest BCUT2D eigenvalue weighted by atomic mass is 9.91. The second kappa shape index (κ2) is 4.68. The van der Waals surface area contributed by atoms with E-state index in [4.69, 9.17) is 4.74 Å². The van der Waals surface area contributed by atoms with Crippen molar-refractivity contribution < 1.29 is 14.3 Å². The van der Waals surface area contributed by atoms with Gasteiger partial charge in [0.2, 0.25) is 5.91 Å². The quantitative estimate of drug-likeness (QED) is 0.718. The summed E-state index contributed by atoms with van der Waals surface area (Å²) in [5.41, 5.74) is 1.03. The van der Waals surface area contributed by atoms with Gasteiger partial charge in [0.05, 0.1) is 5.69 Å². The highest BCUT2D eigenvalue weighted by Gasteiger charge is 2.35. The van der Waals surface area contributed by atoms with E-state index >= 15 is 0 Å². The molecule has 0 spiro atoms. The smallest absolute Gasteiger partial charge is 0.421 e. The predicted octanol–water partition coefficient (Wildman–Crippen LogP) is 3.46. The lowest BCUT2D eigenvalue weighted by molar-refractivity contribution is -0.119. The van der Waals surface area contributed by atoms with Gasteiger partial charge in [-0.3, -0.25) is 4.79 Å². The summed E-state index contributed by atoms with van der Waals surface area (Å²) in [6.07, 6.45) is -0.271. The molecule has 0 radical (unpaired) electrons. The Morgan fingerprint density at radius 2 is 1.95 bits per heavy atom.